The van der Waals surface area contributed by atoms with Gasteiger partial charge in [0.15, 0.2) is 0 Å². The van der Waals surface area contributed by atoms with Gasteiger partial charge in [-0.2, -0.15) is 0 Å². The Labute approximate surface area is 169 Å². The van der Waals surface area contributed by atoms with Gasteiger partial charge in [-0.1, -0.05) is 49.6 Å². The maximum absolute atomic E-state index is 11.8. The first-order valence-corrected chi connectivity index (χ1v) is 10.0. The number of hydrogen-bond acceptors (Lipinski definition) is 4. The fourth-order valence-corrected chi connectivity index (χ4v) is 3.50. The lowest BCUT2D eigenvalue weighted by Gasteiger charge is -2.06. The highest BCUT2D eigenvalue weighted by atomic mass is 32.2. The van der Waals surface area contributed by atoms with Crippen molar-refractivity contribution in [2.45, 2.75) is 30.6 Å². The second-order valence-corrected chi connectivity index (χ2v) is 8.33. The SMILES string of the molecule is C=C(C)C(=O)Sc1ccc(C=Cc2ccc(SC(=O)C(=C)C)c(C)c2)cc1. The average molecular weight is 395 g/mol. The molecular weight excluding hydrogens is 372 g/mol. The van der Waals surface area contributed by atoms with Crippen molar-refractivity contribution >= 4 is 45.9 Å². The Morgan fingerprint density at radius 1 is 0.815 bits per heavy atom. The van der Waals surface area contributed by atoms with Crippen LogP contribution in [-0.4, -0.2) is 10.2 Å². The molecule has 138 valence electrons. The van der Waals surface area contributed by atoms with E-state index >= 15 is 0 Å². The molecule has 0 aliphatic carbocycles. The molecule has 0 aromatic heterocycles. The second-order valence-electron chi connectivity index (χ2n) is 6.27. The summed E-state index contributed by atoms with van der Waals surface area (Å²) < 4.78 is 0. The third kappa shape index (κ3) is 6.42. The molecular formula is C23H22O2S2. The number of thioether (sulfide) groups is 2. The fourth-order valence-electron chi connectivity index (χ4n) is 2.11. The molecule has 0 aliphatic rings. The molecule has 0 saturated heterocycles. The summed E-state index contributed by atoms with van der Waals surface area (Å²) in [5.74, 6) is 0. The van der Waals surface area contributed by atoms with Crippen molar-refractivity contribution < 1.29 is 9.59 Å². The molecule has 2 nitrogen and oxygen atoms in total. The zero-order valence-corrected chi connectivity index (χ0v) is 17.4. The third-order valence-electron chi connectivity index (χ3n) is 3.66. The standard InChI is InChI=1S/C23H22O2S2/c1-15(2)22(24)26-20-11-8-18(9-12-20)6-7-19-10-13-21(17(5)14-19)27-23(25)16(3)4/h6-14H,1,3H2,2,4-5H3. The minimum atomic E-state index is -0.0168. The summed E-state index contributed by atoms with van der Waals surface area (Å²) in [7, 11) is 0. The quantitative estimate of drug-likeness (QED) is 0.316. The van der Waals surface area contributed by atoms with Gasteiger partial charge in [-0.05, 0) is 90.3 Å². The predicted molar refractivity (Wildman–Crippen MR) is 118 cm³/mol. The summed E-state index contributed by atoms with van der Waals surface area (Å²) >= 11 is 2.40. The number of hydrogen-bond donors (Lipinski definition) is 0. The molecule has 0 amide bonds. The Morgan fingerprint density at radius 3 is 1.89 bits per heavy atom. The summed E-state index contributed by atoms with van der Waals surface area (Å²) in [6, 6.07) is 13.8. The van der Waals surface area contributed by atoms with Gasteiger partial charge >= 0.3 is 0 Å². The number of carbonyl (C=O) groups is 2. The van der Waals surface area contributed by atoms with E-state index in [0.717, 1.165) is 26.5 Å². The van der Waals surface area contributed by atoms with E-state index in [1.807, 2.05) is 55.5 Å². The molecule has 2 aromatic rings. The predicted octanol–water partition coefficient (Wildman–Crippen LogP) is 6.56. The molecule has 0 heterocycles. The van der Waals surface area contributed by atoms with Gasteiger partial charge in [0.2, 0.25) is 10.2 Å². The first-order chi connectivity index (χ1) is 12.8. The van der Waals surface area contributed by atoms with Crippen molar-refractivity contribution in [1.29, 1.82) is 0 Å². The Bertz CT molecular complexity index is 922. The topological polar surface area (TPSA) is 34.1 Å². The molecule has 0 unspecified atom stereocenters. The highest BCUT2D eigenvalue weighted by Crippen LogP contribution is 2.27. The maximum atomic E-state index is 11.8. The van der Waals surface area contributed by atoms with Gasteiger partial charge in [-0.15, -0.1) is 0 Å². The highest BCUT2D eigenvalue weighted by molar-refractivity contribution is 8.14. The van der Waals surface area contributed by atoms with Gasteiger partial charge in [0.1, 0.15) is 0 Å². The summed E-state index contributed by atoms with van der Waals surface area (Å²) in [5.41, 5.74) is 4.27. The van der Waals surface area contributed by atoms with E-state index in [2.05, 4.69) is 19.2 Å². The average Bonchev–Trinajstić information content (AvgIpc) is 2.62. The molecule has 0 aliphatic heterocycles. The van der Waals surface area contributed by atoms with Crippen molar-refractivity contribution in [3.8, 4) is 0 Å². The lowest BCUT2D eigenvalue weighted by molar-refractivity contribution is -0.108. The largest absolute Gasteiger partial charge is 0.282 e. The molecule has 27 heavy (non-hydrogen) atoms. The minimum absolute atomic E-state index is 0.00974. The van der Waals surface area contributed by atoms with Gasteiger partial charge in [0.05, 0.1) is 0 Å². The van der Waals surface area contributed by atoms with Crippen LogP contribution >= 0.6 is 23.5 Å². The van der Waals surface area contributed by atoms with Crippen LogP contribution in [0.25, 0.3) is 12.2 Å². The molecule has 0 N–H and O–H groups in total. The Morgan fingerprint density at radius 2 is 1.33 bits per heavy atom. The Kier molecular flexibility index (Phi) is 7.45. The van der Waals surface area contributed by atoms with Crippen molar-refractivity contribution in [2.75, 3.05) is 0 Å². The van der Waals surface area contributed by atoms with Crippen molar-refractivity contribution in [3.05, 3.63) is 83.5 Å². The molecule has 0 bridgehead atoms. The number of rotatable bonds is 6. The van der Waals surface area contributed by atoms with Crippen LogP contribution in [0.15, 0.2) is 76.6 Å². The molecule has 0 fully saturated rings. The molecule has 0 spiro atoms. The van der Waals surface area contributed by atoms with E-state index in [1.54, 1.807) is 13.8 Å². The van der Waals surface area contributed by atoms with Crippen LogP contribution in [0.1, 0.15) is 30.5 Å². The number of carbonyl (C=O) groups excluding carboxylic acids is 2. The van der Waals surface area contributed by atoms with Crippen molar-refractivity contribution in [2.24, 2.45) is 0 Å². The molecule has 0 atom stereocenters. The highest BCUT2D eigenvalue weighted by Gasteiger charge is 2.08. The zero-order valence-electron chi connectivity index (χ0n) is 15.7. The Balaban J connectivity index is 2.06. The van der Waals surface area contributed by atoms with E-state index < -0.39 is 0 Å². The van der Waals surface area contributed by atoms with E-state index in [9.17, 15) is 9.59 Å². The van der Waals surface area contributed by atoms with Crippen LogP contribution in [-0.2, 0) is 9.59 Å². The second kappa shape index (κ2) is 9.58. The van der Waals surface area contributed by atoms with E-state index in [-0.39, 0.29) is 10.2 Å². The molecule has 2 rings (SSSR count). The summed E-state index contributed by atoms with van der Waals surface area (Å²) in [6.45, 7) is 12.8. The number of benzene rings is 2. The lowest BCUT2D eigenvalue weighted by Crippen LogP contribution is -1.92. The monoisotopic (exact) mass is 394 g/mol. The normalized spacial score (nSPS) is 10.8. The molecule has 4 heteroatoms. The van der Waals surface area contributed by atoms with Gasteiger partial charge in [-0.25, -0.2) is 0 Å². The van der Waals surface area contributed by atoms with Gasteiger partial charge in [0.25, 0.3) is 0 Å². The summed E-state index contributed by atoms with van der Waals surface area (Å²) in [6.07, 6.45) is 4.05. The lowest BCUT2D eigenvalue weighted by atomic mass is 10.1. The summed E-state index contributed by atoms with van der Waals surface area (Å²) in [5, 5.41) is -0.0265. The van der Waals surface area contributed by atoms with Gasteiger partial charge in [-0.3, -0.25) is 9.59 Å². The van der Waals surface area contributed by atoms with Crippen LogP contribution in [0.5, 0.6) is 0 Å². The minimum Gasteiger partial charge on any atom is -0.282 e. The van der Waals surface area contributed by atoms with Crippen LogP contribution in [0, 0.1) is 6.92 Å². The van der Waals surface area contributed by atoms with E-state index in [1.165, 1.54) is 23.5 Å². The van der Waals surface area contributed by atoms with Crippen LogP contribution in [0.4, 0.5) is 0 Å². The van der Waals surface area contributed by atoms with Crippen LogP contribution in [0.2, 0.25) is 0 Å². The molecule has 0 saturated carbocycles. The van der Waals surface area contributed by atoms with Gasteiger partial charge < -0.3 is 0 Å². The number of aryl methyl sites for hydroxylation is 1. The first-order valence-electron chi connectivity index (χ1n) is 8.40. The summed E-state index contributed by atoms with van der Waals surface area (Å²) in [4.78, 5) is 25.4. The maximum Gasteiger partial charge on any atom is 0.219 e. The third-order valence-corrected chi connectivity index (χ3v) is 5.91. The van der Waals surface area contributed by atoms with Crippen LogP contribution < -0.4 is 0 Å². The van der Waals surface area contributed by atoms with E-state index in [4.69, 9.17) is 0 Å². The van der Waals surface area contributed by atoms with Crippen molar-refractivity contribution in [3.63, 3.8) is 0 Å². The fraction of sp³-hybridized carbons (Fsp3) is 0.130. The molecule has 2 aromatic carbocycles. The zero-order chi connectivity index (χ0) is 20.0. The van der Waals surface area contributed by atoms with Crippen molar-refractivity contribution in [1.82, 2.24) is 0 Å². The first kappa shape index (κ1) is 21.0. The van der Waals surface area contributed by atoms with Gasteiger partial charge in [0, 0.05) is 9.79 Å². The Hall–Kier alpha value is -2.30. The van der Waals surface area contributed by atoms with E-state index in [0.29, 0.717) is 11.1 Å². The smallest absolute Gasteiger partial charge is 0.219 e. The van der Waals surface area contributed by atoms with Crippen LogP contribution in [0.3, 0.4) is 0 Å². The molecule has 0 radical (unpaired) electrons.